The number of halogens is 1. The number of fused-ring (bicyclic) bond motifs is 1. The topological polar surface area (TPSA) is 51.0 Å². The van der Waals surface area contributed by atoms with Crippen molar-refractivity contribution in [1.82, 2.24) is 14.5 Å². The molecule has 0 saturated heterocycles. The fourth-order valence-electron chi connectivity index (χ4n) is 3.21. The zero-order valence-corrected chi connectivity index (χ0v) is 19.6. The van der Waals surface area contributed by atoms with E-state index in [4.69, 9.17) is 16.6 Å². The highest BCUT2D eigenvalue weighted by Gasteiger charge is 2.19. The molecular weight excluding hydrogens is 448 g/mol. The number of imidazole rings is 1. The van der Waals surface area contributed by atoms with E-state index in [1.165, 1.54) is 5.56 Å². The minimum Gasteiger partial charge on any atom is -0.337 e. The number of rotatable bonds is 9. The Labute approximate surface area is 195 Å². The third-order valence-corrected chi connectivity index (χ3v) is 7.13. The second kappa shape index (κ2) is 10.3. The van der Waals surface area contributed by atoms with Crippen LogP contribution < -0.4 is 4.90 Å². The van der Waals surface area contributed by atoms with Gasteiger partial charge in [-0.2, -0.15) is 0 Å². The van der Waals surface area contributed by atoms with Crippen LogP contribution in [0.3, 0.4) is 0 Å². The molecule has 0 fully saturated rings. The van der Waals surface area contributed by atoms with Crippen LogP contribution in [0.4, 0.5) is 5.13 Å². The van der Waals surface area contributed by atoms with Crippen LogP contribution in [-0.2, 0) is 11.3 Å². The fourth-order valence-corrected chi connectivity index (χ4v) is 5.29. The fraction of sp³-hybridized carbons (Fsp3) is 0.261. The predicted octanol–water partition coefficient (Wildman–Crippen LogP) is 6.06. The number of anilines is 1. The average molecular weight is 471 g/mol. The molecule has 4 aromatic rings. The van der Waals surface area contributed by atoms with Gasteiger partial charge in [0.2, 0.25) is 5.91 Å². The Bertz CT molecular complexity index is 1140. The second-order valence-corrected chi connectivity index (χ2v) is 9.83. The summed E-state index contributed by atoms with van der Waals surface area (Å²) in [7, 11) is 0. The zero-order valence-electron chi connectivity index (χ0n) is 17.2. The Morgan fingerprint density at radius 2 is 2.06 bits per heavy atom. The van der Waals surface area contributed by atoms with Gasteiger partial charge in [0.05, 0.1) is 16.5 Å². The molecule has 0 unspecified atom stereocenters. The maximum Gasteiger partial charge on any atom is 0.229 e. The lowest BCUT2D eigenvalue weighted by Crippen LogP contribution is -2.32. The number of thioether (sulfide) groups is 1. The van der Waals surface area contributed by atoms with E-state index in [0.29, 0.717) is 18.7 Å². The standard InChI is InChI=1S/C23H23ClN4OS2/c1-17-3-8-20-21(15-17)31-23(26-20)28(12-2-11-27-13-10-25-16-27)22(29)9-14-30-19-6-4-18(24)5-7-19/h3-8,10,13,15-16H,2,9,11-12,14H2,1H3. The molecule has 5 nitrogen and oxygen atoms in total. The number of benzene rings is 2. The molecule has 0 bridgehead atoms. The van der Waals surface area contributed by atoms with Crippen LogP contribution in [0.5, 0.6) is 0 Å². The smallest absolute Gasteiger partial charge is 0.229 e. The maximum absolute atomic E-state index is 13.2. The summed E-state index contributed by atoms with van der Waals surface area (Å²) in [6, 6.07) is 13.9. The summed E-state index contributed by atoms with van der Waals surface area (Å²) in [6.45, 7) is 3.51. The highest BCUT2D eigenvalue weighted by atomic mass is 35.5. The number of thiazole rings is 1. The molecule has 0 radical (unpaired) electrons. The van der Waals surface area contributed by atoms with Gasteiger partial charge in [-0.1, -0.05) is 29.0 Å². The van der Waals surface area contributed by atoms with Crippen LogP contribution in [-0.4, -0.2) is 32.7 Å². The van der Waals surface area contributed by atoms with Gasteiger partial charge >= 0.3 is 0 Å². The summed E-state index contributed by atoms with van der Waals surface area (Å²) in [5.41, 5.74) is 2.13. The van der Waals surface area contributed by atoms with Crippen molar-refractivity contribution in [3.05, 3.63) is 71.8 Å². The summed E-state index contributed by atoms with van der Waals surface area (Å²) in [5.74, 6) is 0.811. The van der Waals surface area contributed by atoms with E-state index in [9.17, 15) is 4.79 Å². The van der Waals surface area contributed by atoms with Gasteiger partial charge in [-0.05, 0) is 55.3 Å². The second-order valence-electron chi connectivity index (χ2n) is 7.22. The van der Waals surface area contributed by atoms with E-state index in [-0.39, 0.29) is 5.91 Å². The van der Waals surface area contributed by atoms with E-state index in [1.807, 2.05) is 46.0 Å². The Morgan fingerprint density at radius 1 is 1.23 bits per heavy atom. The van der Waals surface area contributed by atoms with Gasteiger partial charge in [0, 0.05) is 47.6 Å². The van der Waals surface area contributed by atoms with Crippen molar-refractivity contribution in [2.45, 2.75) is 31.2 Å². The molecule has 0 aliphatic heterocycles. The molecule has 0 spiro atoms. The SMILES string of the molecule is Cc1ccc2nc(N(CCCn3ccnc3)C(=O)CCSc3ccc(Cl)cc3)sc2c1. The Hall–Kier alpha value is -2.35. The van der Waals surface area contributed by atoms with Crippen LogP contribution in [0, 0.1) is 6.92 Å². The average Bonchev–Trinajstić information content (AvgIpc) is 3.42. The van der Waals surface area contributed by atoms with E-state index in [1.54, 1.807) is 35.6 Å². The summed E-state index contributed by atoms with van der Waals surface area (Å²) < 4.78 is 3.14. The van der Waals surface area contributed by atoms with Gasteiger partial charge in [0.25, 0.3) is 0 Å². The minimum absolute atomic E-state index is 0.0999. The summed E-state index contributed by atoms with van der Waals surface area (Å²) in [4.78, 5) is 25.0. The van der Waals surface area contributed by atoms with E-state index in [2.05, 4.69) is 24.0 Å². The zero-order chi connectivity index (χ0) is 21.6. The summed E-state index contributed by atoms with van der Waals surface area (Å²) in [5, 5.41) is 1.49. The molecule has 0 aliphatic carbocycles. The van der Waals surface area contributed by atoms with Crippen molar-refractivity contribution in [3.8, 4) is 0 Å². The first kappa shape index (κ1) is 21.9. The number of carbonyl (C=O) groups is 1. The molecule has 0 N–H and O–H groups in total. The van der Waals surface area contributed by atoms with E-state index >= 15 is 0 Å². The van der Waals surface area contributed by atoms with Crippen LogP contribution in [0.15, 0.2) is 66.1 Å². The molecular formula is C23H23ClN4OS2. The molecule has 2 aromatic carbocycles. The van der Waals surface area contributed by atoms with Gasteiger partial charge in [0.1, 0.15) is 0 Å². The van der Waals surface area contributed by atoms with Crippen LogP contribution in [0.2, 0.25) is 5.02 Å². The Morgan fingerprint density at radius 3 is 2.84 bits per heavy atom. The minimum atomic E-state index is 0.0999. The van der Waals surface area contributed by atoms with Crippen molar-refractivity contribution in [3.63, 3.8) is 0 Å². The molecule has 8 heteroatoms. The molecule has 1 amide bonds. The highest BCUT2D eigenvalue weighted by molar-refractivity contribution is 7.99. The van der Waals surface area contributed by atoms with Crippen molar-refractivity contribution in [2.24, 2.45) is 0 Å². The number of amides is 1. The Balaban J connectivity index is 1.44. The monoisotopic (exact) mass is 470 g/mol. The first-order valence-electron chi connectivity index (χ1n) is 10.1. The normalized spacial score (nSPS) is 11.2. The molecule has 160 valence electrons. The molecule has 2 aromatic heterocycles. The van der Waals surface area contributed by atoms with Crippen molar-refractivity contribution in [1.29, 1.82) is 0 Å². The molecule has 0 saturated carbocycles. The summed E-state index contributed by atoms with van der Waals surface area (Å²) in [6.07, 6.45) is 6.80. The van der Waals surface area contributed by atoms with Crippen molar-refractivity contribution < 1.29 is 4.79 Å². The van der Waals surface area contributed by atoms with Crippen LogP contribution in [0.1, 0.15) is 18.4 Å². The molecule has 0 aliphatic rings. The lowest BCUT2D eigenvalue weighted by atomic mass is 10.2. The summed E-state index contributed by atoms with van der Waals surface area (Å²) >= 11 is 9.20. The van der Waals surface area contributed by atoms with Gasteiger partial charge in [-0.15, -0.1) is 11.8 Å². The molecule has 0 atom stereocenters. The largest absolute Gasteiger partial charge is 0.337 e. The van der Waals surface area contributed by atoms with Crippen LogP contribution >= 0.6 is 34.7 Å². The first-order chi connectivity index (χ1) is 15.1. The van der Waals surface area contributed by atoms with E-state index in [0.717, 1.165) is 38.2 Å². The molecule has 4 rings (SSSR count). The number of hydrogen-bond acceptors (Lipinski definition) is 5. The molecule has 2 heterocycles. The van der Waals surface area contributed by atoms with Gasteiger partial charge in [-0.25, -0.2) is 9.97 Å². The number of aromatic nitrogens is 3. The lowest BCUT2D eigenvalue weighted by Gasteiger charge is -2.20. The third kappa shape index (κ3) is 5.87. The van der Waals surface area contributed by atoms with Crippen molar-refractivity contribution in [2.75, 3.05) is 17.2 Å². The van der Waals surface area contributed by atoms with Gasteiger partial charge < -0.3 is 4.57 Å². The predicted molar refractivity (Wildman–Crippen MR) is 130 cm³/mol. The quantitative estimate of drug-likeness (QED) is 0.279. The Kier molecular flexibility index (Phi) is 7.27. The lowest BCUT2D eigenvalue weighted by molar-refractivity contribution is -0.118. The van der Waals surface area contributed by atoms with Gasteiger partial charge in [0.15, 0.2) is 5.13 Å². The third-order valence-electron chi connectivity index (χ3n) is 4.82. The van der Waals surface area contributed by atoms with Crippen molar-refractivity contribution >= 4 is 56.0 Å². The number of hydrogen-bond donors (Lipinski definition) is 0. The highest BCUT2D eigenvalue weighted by Crippen LogP contribution is 2.30. The number of carbonyl (C=O) groups excluding carboxylic acids is 1. The number of aryl methyl sites for hydroxylation is 2. The maximum atomic E-state index is 13.2. The molecule has 31 heavy (non-hydrogen) atoms. The van der Waals surface area contributed by atoms with Crippen LogP contribution in [0.25, 0.3) is 10.2 Å². The number of nitrogens with zero attached hydrogens (tertiary/aromatic N) is 4. The first-order valence-corrected chi connectivity index (χ1v) is 12.3. The van der Waals surface area contributed by atoms with Gasteiger partial charge in [-0.3, -0.25) is 9.69 Å². The van der Waals surface area contributed by atoms with E-state index < -0.39 is 0 Å².